The van der Waals surface area contributed by atoms with E-state index in [-0.39, 0.29) is 11.4 Å². The second kappa shape index (κ2) is 5.18. The van der Waals surface area contributed by atoms with Gasteiger partial charge in [0.05, 0.1) is 10.3 Å². The van der Waals surface area contributed by atoms with E-state index in [1.54, 1.807) is 25.1 Å². The van der Waals surface area contributed by atoms with Crippen LogP contribution in [0.3, 0.4) is 0 Å². The first-order chi connectivity index (χ1) is 9.27. The number of carboxylic acids is 1. The number of rotatable bonds is 5. The van der Waals surface area contributed by atoms with Crippen LogP contribution in [-0.4, -0.2) is 26.0 Å². The molecule has 0 spiro atoms. The van der Waals surface area contributed by atoms with Gasteiger partial charge in [0.1, 0.15) is 0 Å². The first-order valence-electron chi connectivity index (χ1n) is 6.57. The molecular weight excluding hydrogens is 278 g/mol. The Kier molecular flexibility index (Phi) is 3.88. The fraction of sp³-hybridized carbons (Fsp3) is 0.500. The predicted octanol–water partition coefficient (Wildman–Crippen LogP) is 1.84. The normalized spacial score (nSPS) is 17.5. The number of aryl methyl sites for hydroxylation is 2. The van der Waals surface area contributed by atoms with Crippen LogP contribution < -0.4 is 4.72 Å². The molecule has 0 unspecified atom stereocenters. The van der Waals surface area contributed by atoms with Gasteiger partial charge in [-0.2, -0.15) is 0 Å². The molecule has 0 aromatic heterocycles. The maximum absolute atomic E-state index is 12.3. The Hall–Kier alpha value is -1.40. The maximum Gasteiger partial charge on any atom is 0.310 e. The first-order valence-corrected chi connectivity index (χ1v) is 8.05. The molecule has 0 aliphatic heterocycles. The van der Waals surface area contributed by atoms with Crippen molar-refractivity contribution in [2.24, 2.45) is 5.41 Å². The van der Waals surface area contributed by atoms with Crippen molar-refractivity contribution in [3.05, 3.63) is 29.3 Å². The molecule has 1 fully saturated rings. The lowest BCUT2D eigenvalue weighted by atomic mass is 9.69. The van der Waals surface area contributed by atoms with Crippen LogP contribution in [-0.2, 0) is 14.8 Å². The van der Waals surface area contributed by atoms with Crippen molar-refractivity contribution in [2.75, 3.05) is 6.54 Å². The summed E-state index contributed by atoms with van der Waals surface area (Å²) in [6, 6.07) is 5.09. The lowest BCUT2D eigenvalue weighted by molar-refractivity contribution is -0.153. The molecule has 2 rings (SSSR count). The molecule has 1 aromatic rings. The number of carbonyl (C=O) groups is 1. The van der Waals surface area contributed by atoms with Crippen molar-refractivity contribution in [1.29, 1.82) is 0 Å². The summed E-state index contributed by atoms with van der Waals surface area (Å²) in [4.78, 5) is 11.4. The van der Waals surface area contributed by atoms with E-state index in [9.17, 15) is 18.3 Å². The van der Waals surface area contributed by atoms with Gasteiger partial charge in [0.25, 0.3) is 0 Å². The average molecular weight is 297 g/mol. The molecule has 0 amide bonds. The molecule has 0 radical (unpaired) electrons. The van der Waals surface area contributed by atoms with E-state index in [2.05, 4.69) is 4.72 Å². The Morgan fingerprint density at radius 1 is 1.35 bits per heavy atom. The molecule has 1 aliphatic carbocycles. The van der Waals surface area contributed by atoms with Gasteiger partial charge in [0.2, 0.25) is 10.0 Å². The Morgan fingerprint density at radius 3 is 2.45 bits per heavy atom. The van der Waals surface area contributed by atoms with E-state index in [1.807, 2.05) is 6.92 Å². The number of benzene rings is 1. The van der Waals surface area contributed by atoms with Crippen LogP contribution in [0.2, 0.25) is 0 Å². The summed E-state index contributed by atoms with van der Waals surface area (Å²) in [5.74, 6) is -0.924. The van der Waals surface area contributed by atoms with E-state index >= 15 is 0 Å². The van der Waals surface area contributed by atoms with E-state index in [0.29, 0.717) is 18.4 Å². The average Bonchev–Trinajstić information content (AvgIpc) is 2.25. The minimum atomic E-state index is -3.66. The zero-order valence-electron chi connectivity index (χ0n) is 11.6. The van der Waals surface area contributed by atoms with Gasteiger partial charge in [-0.15, -0.1) is 0 Å². The Labute approximate surface area is 119 Å². The van der Waals surface area contributed by atoms with Crippen molar-refractivity contribution < 1.29 is 18.3 Å². The Morgan fingerprint density at radius 2 is 2.00 bits per heavy atom. The van der Waals surface area contributed by atoms with Gasteiger partial charge >= 0.3 is 5.97 Å². The highest BCUT2D eigenvalue weighted by Gasteiger charge is 2.45. The van der Waals surface area contributed by atoms with Crippen LogP contribution in [0.4, 0.5) is 0 Å². The van der Waals surface area contributed by atoms with Crippen molar-refractivity contribution in [3.8, 4) is 0 Å². The third-order valence-corrected chi connectivity index (χ3v) is 5.55. The predicted molar refractivity (Wildman–Crippen MR) is 75.0 cm³/mol. The second-order valence-corrected chi connectivity index (χ2v) is 7.27. The summed E-state index contributed by atoms with van der Waals surface area (Å²) in [6.45, 7) is 3.58. The number of hydrogen-bond donors (Lipinski definition) is 2. The summed E-state index contributed by atoms with van der Waals surface area (Å²) in [6.07, 6.45) is 1.88. The highest BCUT2D eigenvalue weighted by molar-refractivity contribution is 7.89. The smallest absolute Gasteiger partial charge is 0.310 e. The molecule has 0 bridgehead atoms. The fourth-order valence-corrected chi connectivity index (χ4v) is 3.83. The van der Waals surface area contributed by atoms with Gasteiger partial charge in [-0.3, -0.25) is 4.79 Å². The topological polar surface area (TPSA) is 83.5 Å². The lowest BCUT2D eigenvalue weighted by Gasteiger charge is -2.37. The van der Waals surface area contributed by atoms with E-state index in [0.717, 1.165) is 12.0 Å². The van der Waals surface area contributed by atoms with Crippen LogP contribution in [0.1, 0.15) is 30.4 Å². The second-order valence-electron chi connectivity index (χ2n) is 5.53. The van der Waals surface area contributed by atoms with Gasteiger partial charge in [-0.05, 0) is 38.3 Å². The third-order valence-electron chi connectivity index (χ3n) is 3.98. The number of sulfonamides is 1. The van der Waals surface area contributed by atoms with E-state index in [1.165, 1.54) is 0 Å². The summed E-state index contributed by atoms with van der Waals surface area (Å²) in [5.41, 5.74) is 0.726. The van der Waals surface area contributed by atoms with Crippen molar-refractivity contribution >= 4 is 16.0 Å². The van der Waals surface area contributed by atoms with Crippen LogP contribution in [0, 0.1) is 19.3 Å². The molecule has 0 heterocycles. The first kappa shape index (κ1) is 15.0. The lowest BCUT2D eigenvalue weighted by Crippen LogP contribution is -2.47. The molecule has 20 heavy (non-hydrogen) atoms. The Balaban J connectivity index is 2.17. The van der Waals surface area contributed by atoms with Crippen molar-refractivity contribution in [3.63, 3.8) is 0 Å². The molecule has 1 aromatic carbocycles. The quantitative estimate of drug-likeness (QED) is 0.868. The van der Waals surface area contributed by atoms with E-state index < -0.39 is 21.4 Å². The molecule has 0 atom stereocenters. The standard InChI is InChI=1S/C14H19NO4S/c1-10-4-5-12(11(2)8-10)20(18,19)15-9-14(13(16)17)6-3-7-14/h4-5,8,15H,3,6-7,9H2,1-2H3,(H,16,17). The molecule has 5 nitrogen and oxygen atoms in total. The summed E-state index contributed by atoms with van der Waals surface area (Å²) < 4.78 is 27.0. The zero-order chi connectivity index (χ0) is 15.0. The molecule has 6 heteroatoms. The monoisotopic (exact) mass is 297 g/mol. The van der Waals surface area contributed by atoms with Crippen LogP contribution >= 0.6 is 0 Å². The molecule has 110 valence electrons. The number of hydrogen-bond acceptors (Lipinski definition) is 3. The van der Waals surface area contributed by atoms with Gasteiger partial charge in [0, 0.05) is 6.54 Å². The molecule has 1 aliphatic rings. The summed E-state index contributed by atoms with van der Waals surface area (Å²) in [5, 5.41) is 9.21. The van der Waals surface area contributed by atoms with Gasteiger partial charge < -0.3 is 5.11 Å². The summed E-state index contributed by atoms with van der Waals surface area (Å²) >= 11 is 0. The van der Waals surface area contributed by atoms with Crippen LogP contribution in [0.15, 0.2) is 23.1 Å². The number of nitrogens with one attached hydrogen (secondary N) is 1. The largest absolute Gasteiger partial charge is 0.481 e. The highest BCUT2D eigenvalue weighted by atomic mass is 32.2. The SMILES string of the molecule is Cc1ccc(S(=O)(=O)NCC2(C(=O)O)CCC2)c(C)c1. The van der Waals surface area contributed by atoms with Crippen molar-refractivity contribution in [2.45, 2.75) is 38.0 Å². The zero-order valence-corrected chi connectivity index (χ0v) is 12.5. The molecule has 2 N–H and O–H groups in total. The number of aliphatic carboxylic acids is 1. The highest BCUT2D eigenvalue weighted by Crippen LogP contribution is 2.40. The van der Waals surface area contributed by atoms with E-state index in [4.69, 9.17) is 0 Å². The maximum atomic E-state index is 12.3. The third kappa shape index (κ3) is 2.71. The van der Waals surface area contributed by atoms with Gasteiger partial charge in [-0.1, -0.05) is 24.1 Å². The van der Waals surface area contributed by atoms with Crippen LogP contribution in [0.25, 0.3) is 0 Å². The minimum Gasteiger partial charge on any atom is -0.481 e. The van der Waals surface area contributed by atoms with Gasteiger partial charge in [0.15, 0.2) is 0 Å². The van der Waals surface area contributed by atoms with Crippen LogP contribution in [0.5, 0.6) is 0 Å². The fourth-order valence-electron chi connectivity index (χ4n) is 2.48. The van der Waals surface area contributed by atoms with Crippen molar-refractivity contribution in [1.82, 2.24) is 4.72 Å². The molecular formula is C14H19NO4S. The molecule has 1 saturated carbocycles. The molecule has 0 saturated heterocycles. The van der Waals surface area contributed by atoms with Gasteiger partial charge in [-0.25, -0.2) is 13.1 Å². The summed E-state index contributed by atoms with van der Waals surface area (Å²) in [7, 11) is -3.66. The number of carboxylic acid groups (broad SMARTS) is 1. The Bertz CT molecular complexity index is 633. The minimum absolute atomic E-state index is 0.0437.